The number of aryl methyl sites for hydroxylation is 1. The molecule has 1 aromatic carbocycles. The molecular formula is C26H24ClF2N5O2. The molecule has 3 heterocycles. The molecule has 0 aliphatic carbocycles. The van der Waals surface area contributed by atoms with E-state index in [4.69, 9.17) is 11.6 Å². The van der Waals surface area contributed by atoms with Crippen molar-refractivity contribution in [3.8, 4) is 11.3 Å². The molecule has 0 atom stereocenters. The van der Waals surface area contributed by atoms with Crippen molar-refractivity contribution >= 4 is 40.1 Å². The van der Waals surface area contributed by atoms with Crippen molar-refractivity contribution in [2.24, 2.45) is 7.05 Å². The number of amides is 2. The molecule has 0 spiro atoms. The summed E-state index contributed by atoms with van der Waals surface area (Å²) < 4.78 is 29.2. The van der Waals surface area contributed by atoms with Gasteiger partial charge in [-0.15, -0.1) is 0 Å². The molecule has 0 radical (unpaired) electrons. The third-order valence-corrected chi connectivity index (χ3v) is 5.91. The van der Waals surface area contributed by atoms with Gasteiger partial charge in [-0.2, -0.15) is 0 Å². The van der Waals surface area contributed by atoms with Gasteiger partial charge in [-0.25, -0.2) is 13.8 Å². The van der Waals surface area contributed by atoms with Crippen LogP contribution in [0.5, 0.6) is 0 Å². The fraction of sp³-hybridized carbons (Fsp3) is 0.231. The molecule has 186 valence electrons. The van der Waals surface area contributed by atoms with E-state index in [-0.39, 0.29) is 17.8 Å². The minimum atomic E-state index is -2.05. The zero-order chi connectivity index (χ0) is 26.0. The van der Waals surface area contributed by atoms with Crippen LogP contribution in [0.3, 0.4) is 0 Å². The van der Waals surface area contributed by atoms with Crippen molar-refractivity contribution in [3.05, 3.63) is 76.7 Å². The molecule has 0 bridgehead atoms. The van der Waals surface area contributed by atoms with E-state index in [1.165, 1.54) is 18.5 Å². The van der Waals surface area contributed by atoms with Gasteiger partial charge in [0.1, 0.15) is 12.3 Å². The third-order valence-electron chi connectivity index (χ3n) is 5.66. The van der Waals surface area contributed by atoms with Crippen molar-refractivity contribution < 1.29 is 18.4 Å². The number of carbonyl (C=O) groups excluding carboxylic acids is 2. The molecule has 0 aliphatic rings. The minimum absolute atomic E-state index is 0.0127. The van der Waals surface area contributed by atoms with Crippen LogP contribution in [0.1, 0.15) is 35.5 Å². The molecule has 36 heavy (non-hydrogen) atoms. The van der Waals surface area contributed by atoms with Crippen LogP contribution in [-0.2, 0) is 25.1 Å². The van der Waals surface area contributed by atoms with E-state index in [1.54, 1.807) is 6.07 Å². The topological polar surface area (TPSA) is 88.9 Å². The van der Waals surface area contributed by atoms with Gasteiger partial charge in [0.15, 0.2) is 5.67 Å². The highest BCUT2D eigenvalue weighted by molar-refractivity contribution is 6.30. The highest BCUT2D eigenvalue weighted by Crippen LogP contribution is 2.28. The first-order chi connectivity index (χ1) is 17.1. The first kappa shape index (κ1) is 25.2. The summed E-state index contributed by atoms with van der Waals surface area (Å²) in [5.74, 6) is -1.38. The second-order valence-electron chi connectivity index (χ2n) is 8.81. The maximum atomic E-state index is 13.7. The number of alkyl halides is 2. The van der Waals surface area contributed by atoms with E-state index in [0.29, 0.717) is 16.3 Å². The molecule has 0 aliphatic heterocycles. The molecule has 0 fully saturated rings. The zero-order valence-electron chi connectivity index (χ0n) is 19.9. The summed E-state index contributed by atoms with van der Waals surface area (Å²) >= 11 is 6.00. The lowest BCUT2D eigenvalue weighted by Crippen LogP contribution is -2.38. The molecule has 0 unspecified atom stereocenters. The molecule has 7 nitrogen and oxygen atoms in total. The van der Waals surface area contributed by atoms with E-state index in [0.717, 1.165) is 36.1 Å². The SMILES string of the molecule is Cn1c(-c2ccc(Cl)cc2)cc2cc(NC(=O)c3cc(CNC(=O)C(C)(C)F)cnc3CF)cnc21. The number of rotatable bonds is 7. The second kappa shape index (κ2) is 10.0. The van der Waals surface area contributed by atoms with E-state index < -0.39 is 24.2 Å². The number of aromatic nitrogens is 3. The number of halogens is 3. The molecule has 2 amide bonds. The Morgan fingerprint density at radius 2 is 1.81 bits per heavy atom. The lowest BCUT2D eigenvalue weighted by atomic mass is 10.1. The van der Waals surface area contributed by atoms with E-state index in [1.807, 2.05) is 41.9 Å². The predicted molar refractivity (Wildman–Crippen MR) is 135 cm³/mol. The number of benzene rings is 1. The molecule has 0 saturated heterocycles. The maximum Gasteiger partial charge on any atom is 0.257 e. The largest absolute Gasteiger partial charge is 0.349 e. The number of nitrogens with one attached hydrogen (secondary N) is 2. The van der Waals surface area contributed by atoms with Crippen LogP contribution in [0.2, 0.25) is 5.02 Å². The number of anilines is 1. The molecule has 3 aromatic heterocycles. The van der Waals surface area contributed by atoms with Crippen LogP contribution < -0.4 is 10.6 Å². The summed E-state index contributed by atoms with van der Waals surface area (Å²) in [6, 6.07) is 12.6. The summed E-state index contributed by atoms with van der Waals surface area (Å²) in [7, 11) is 1.89. The van der Waals surface area contributed by atoms with Crippen molar-refractivity contribution in [2.45, 2.75) is 32.7 Å². The predicted octanol–water partition coefficient (Wildman–Crippen LogP) is 5.37. The van der Waals surface area contributed by atoms with Gasteiger partial charge in [0.2, 0.25) is 0 Å². The van der Waals surface area contributed by atoms with Crippen molar-refractivity contribution in [1.29, 1.82) is 0 Å². The highest BCUT2D eigenvalue weighted by atomic mass is 35.5. The Kier molecular flexibility index (Phi) is 7.03. The highest BCUT2D eigenvalue weighted by Gasteiger charge is 2.26. The first-order valence-electron chi connectivity index (χ1n) is 11.1. The minimum Gasteiger partial charge on any atom is -0.349 e. The van der Waals surface area contributed by atoms with Crippen molar-refractivity contribution in [3.63, 3.8) is 0 Å². The average Bonchev–Trinajstić information content (AvgIpc) is 3.17. The molecular weight excluding hydrogens is 488 g/mol. The Bertz CT molecular complexity index is 1450. The Hall–Kier alpha value is -3.85. The van der Waals surface area contributed by atoms with Gasteiger partial charge < -0.3 is 15.2 Å². The molecule has 10 heteroatoms. The molecule has 4 aromatic rings. The summed E-state index contributed by atoms with van der Waals surface area (Å²) in [4.78, 5) is 33.3. The summed E-state index contributed by atoms with van der Waals surface area (Å²) in [6.45, 7) is 1.27. The van der Waals surface area contributed by atoms with Crippen molar-refractivity contribution in [2.75, 3.05) is 5.32 Å². The number of hydrogen-bond donors (Lipinski definition) is 2. The molecule has 4 rings (SSSR count). The van der Waals surface area contributed by atoms with E-state index in [2.05, 4.69) is 20.6 Å². The Morgan fingerprint density at radius 3 is 2.47 bits per heavy atom. The van der Waals surface area contributed by atoms with Gasteiger partial charge in [-0.1, -0.05) is 23.7 Å². The van der Waals surface area contributed by atoms with Crippen LogP contribution in [0.25, 0.3) is 22.3 Å². The lowest BCUT2D eigenvalue weighted by molar-refractivity contribution is -0.130. The van der Waals surface area contributed by atoms with Gasteiger partial charge in [-0.3, -0.25) is 14.6 Å². The Balaban J connectivity index is 1.57. The third kappa shape index (κ3) is 5.36. The van der Waals surface area contributed by atoms with Gasteiger partial charge in [0, 0.05) is 30.2 Å². The number of carbonyl (C=O) groups is 2. The Labute approximate surface area is 211 Å². The smallest absolute Gasteiger partial charge is 0.257 e. The van der Waals surface area contributed by atoms with Crippen LogP contribution in [0, 0.1) is 0 Å². The normalized spacial score (nSPS) is 11.5. The van der Waals surface area contributed by atoms with Crippen LogP contribution in [0.4, 0.5) is 14.5 Å². The average molecular weight is 512 g/mol. The second-order valence-corrected chi connectivity index (χ2v) is 9.25. The first-order valence-corrected chi connectivity index (χ1v) is 11.5. The summed E-state index contributed by atoms with van der Waals surface area (Å²) in [5.41, 5.74) is 1.37. The lowest BCUT2D eigenvalue weighted by Gasteiger charge is -2.15. The number of nitrogens with zero attached hydrogens (tertiary/aromatic N) is 3. The fourth-order valence-electron chi connectivity index (χ4n) is 3.71. The summed E-state index contributed by atoms with van der Waals surface area (Å²) in [6.07, 6.45) is 2.86. The van der Waals surface area contributed by atoms with Gasteiger partial charge in [0.05, 0.1) is 28.8 Å². The zero-order valence-corrected chi connectivity index (χ0v) is 20.7. The molecule has 0 saturated carbocycles. The van der Waals surface area contributed by atoms with Crippen molar-refractivity contribution in [1.82, 2.24) is 19.9 Å². The molecule has 2 N–H and O–H groups in total. The number of pyridine rings is 2. The fourth-order valence-corrected chi connectivity index (χ4v) is 3.84. The summed E-state index contributed by atoms with van der Waals surface area (Å²) in [5, 5.41) is 6.61. The van der Waals surface area contributed by atoms with Gasteiger partial charge >= 0.3 is 0 Å². The van der Waals surface area contributed by atoms with E-state index in [9.17, 15) is 18.4 Å². The van der Waals surface area contributed by atoms with E-state index >= 15 is 0 Å². The standard InChI is InChI=1S/C26H24ClF2N5O2/c1-26(2,29)25(36)32-13-15-8-20(21(11-28)30-12-15)24(35)33-19-9-17-10-22(34(3)23(17)31-14-19)16-4-6-18(27)7-5-16/h4-10,12,14H,11,13H2,1-3H3,(H,32,36)(H,33,35). The Morgan fingerprint density at radius 1 is 1.08 bits per heavy atom. The quantitative estimate of drug-likeness (QED) is 0.349. The van der Waals surface area contributed by atoms with Crippen LogP contribution in [0.15, 0.2) is 54.9 Å². The number of hydrogen-bond acceptors (Lipinski definition) is 4. The van der Waals surface area contributed by atoms with Crippen LogP contribution in [-0.4, -0.2) is 32.0 Å². The monoisotopic (exact) mass is 511 g/mol. The number of fused-ring (bicyclic) bond motifs is 1. The van der Waals surface area contributed by atoms with Gasteiger partial charge in [0.25, 0.3) is 11.8 Å². The van der Waals surface area contributed by atoms with Gasteiger partial charge in [-0.05, 0) is 55.3 Å². The maximum absolute atomic E-state index is 13.7. The van der Waals surface area contributed by atoms with Crippen LogP contribution >= 0.6 is 11.6 Å².